The molecule has 1 aromatic heterocycles. The first-order chi connectivity index (χ1) is 9.78. The zero-order chi connectivity index (χ0) is 14.4. The minimum absolute atomic E-state index is 0.753. The third kappa shape index (κ3) is 3.41. The molecule has 0 aliphatic heterocycles. The van der Waals surface area contributed by atoms with Gasteiger partial charge in [0.15, 0.2) is 0 Å². The topological polar surface area (TPSA) is 34.1 Å². The van der Waals surface area contributed by atoms with Gasteiger partial charge in [-0.2, -0.15) is 0 Å². The van der Waals surface area contributed by atoms with E-state index in [0.717, 1.165) is 60.4 Å². The minimum Gasteiger partial charge on any atom is -0.494 e. The number of benzene rings is 1. The lowest BCUT2D eigenvalue weighted by molar-refractivity contribution is 0.318. The summed E-state index contributed by atoms with van der Waals surface area (Å²) in [5.41, 5.74) is 3.34. The highest BCUT2D eigenvalue weighted by molar-refractivity contribution is 5.92. The molecule has 0 amide bonds. The molecular weight excluding hydrogens is 248 g/mol. The van der Waals surface area contributed by atoms with Crippen LogP contribution in [0.2, 0.25) is 0 Å². The maximum atomic E-state index is 5.72. The van der Waals surface area contributed by atoms with Crippen LogP contribution in [0.25, 0.3) is 10.9 Å². The molecule has 1 aromatic carbocycles. The molecular formula is C17H24N2O. The number of aryl methyl sites for hydroxylation is 1. The third-order valence-corrected chi connectivity index (χ3v) is 3.18. The van der Waals surface area contributed by atoms with Crippen molar-refractivity contribution in [3.8, 4) is 5.75 Å². The molecule has 20 heavy (non-hydrogen) atoms. The van der Waals surface area contributed by atoms with Gasteiger partial charge in [0.25, 0.3) is 0 Å². The second-order valence-electron chi connectivity index (χ2n) is 4.97. The lowest BCUT2D eigenvalue weighted by Crippen LogP contribution is -2.01. The summed E-state index contributed by atoms with van der Waals surface area (Å²) in [5.74, 6) is 0.920. The average molecular weight is 272 g/mol. The summed E-state index contributed by atoms with van der Waals surface area (Å²) in [4.78, 5) is 4.73. The monoisotopic (exact) mass is 272 g/mol. The summed E-state index contributed by atoms with van der Waals surface area (Å²) in [6.07, 6.45) is 3.15. The van der Waals surface area contributed by atoms with E-state index in [1.807, 2.05) is 6.07 Å². The van der Waals surface area contributed by atoms with Crippen molar-refractivity contribution in [3.05, 3.63) is 30.0 Å². The van der Waals surface area contributed by atoms with Gasteiger partial charge in [-0.05, 0) is 44.0 Å². The number of nitrogens with one attached hydrogen (secondary N) is 1. The van der Waals surface area contributed by atoms with Gasteiger partial charge in [-0.15, -0.1) is 0 Å². The van der Waals surface area contributed by atoms with Crippen LogP contribution in [-0.2, 0) is 6.42 Å². The maximum Gasteiger partial charge on any atom is 0.120 e. The highest BCUT2D eigenvalue weighted by Crippen LogP contribution is 2.27. The average Bonchev–Trinajstić information content (AvgIpc) is 2.46. The molecule has 2 rings (SSSR count). The predicted molar refractivity (Wildman–Crippen MR) is 85.7 cm³/mol. The highest BCUT2D eigenvalue weighted by Gasteiger charge is 2.07. The van der Waals surface area contributed by atoms with E-state index in [9.17, 15) is 0 Å². The zero-order valence-corrected chi connectivity index (χ0v) is 12.7. The van der Waals surface area contributed by atoms with Crippen LogP contribution in [0.3, 0.4) is 0 Å². The van der Waals surface area contributed by atoms with Gasteiger partial charge < -0.3 is 10.1 Å². The first-order valence-electron chi connectivity index (χ1n) is 7.58. The van der Waals surface area contributed by atoms with E-state index in [2.05, 4.69) is 44.3 Å². The summed E-state index contributed by atoms with van der Waals surface area (Å²) < 4.78 is 5.72. The van der Waals surface area contributed by atoms with Crippen molar-refractivity contribution in [1.82, 2.24) is 4.98 Å². The Kier molecular flexibility index (Phi) is 5.22. The third-order valence-electron chi connectivity index (χ3n) is 3.18. The standard InChI is InChI=1S/C17H24N2O/c1-4-7-13-11-17(18-6-3)15-12-14(20-10-5-2)8-9-16(15)19-13/h8-9,11-12H,4-7,10H2,1-3H3,(H,18,19). The molecule has 0 saturated heterocycles. The lowest BCUT2D eigenvalue weighted by Gasteiger charge is -2.12. The molecule has 2 aromatic rings. The first-order valence-corrected chi connectivity index (χ1v) is 7.58. The smallest absolute Gasteiger partial charge is 0.120 e. The number of fused-ring (bicyclic) bond motifs is 1. The van der Waals surface area contributed by atoms with E-state index in [4.69, 9.17) is 9.72 Å². The van der Waals surface area contributed by atoms with Crippen LogP contribution in [0.15, 0.2) is 24.3 Å². The van der Waals surface area contributed by atoms with E-state index >= 15 is 0 Å². The molecule has 0 spiro atoms. The Morgan fingerprint density at radius 3 is 2.65 bits per heavy atom. The number of anilines is 1. The molecule has 0 radical (unpaired) electrons. The Bertz CT molecular complexity index is 566. The van der Waals surface area contributed by atoms with Crippen LogP contribution < -0.4 is 10.1 Å². The van der Waals surface area contributed by atoms with Gasteiger partial charge in [0.05, 0.1) is 12.1 Å². The van der Waals surface area contributed by atoms with E-state index in [1.165, 1.54) is 0 Å². The minimum atomic E-state index is 0.753. The van der Waals surface area contributed by atoms with Gasteiger partial charge in [-0.1, -0.05) is 20.3 Å². The van der Waals surface area contributed by atoms with Gasteiger partial charge in [-0.3, -0.25) is 4.98 Å². The van der Waals surface area contributed by atoms with Crippen LogP contribution in [0.5, 0.6) is 5.75 Å². The molecule has 0 bridgehead atoms. The van der Waals surface area contributed by atoms with Crippen molar-refractivity contribution in [2.45, 2.75) is 40.0 Å². The Hall–Kier alpha value is -1.77. The van der Waals surface area contributed by atoms with E-state index in [-0.39, 0.29) is 0 Å². The van der Waals surface area contributed by atoms with Gasteiger partial charge in [0.2, 0.25) is 0 Å². The summed E-state index contributed by atoms with van der Waals surface area (Å²) >= 11 is 0. The van der Waals surface area contributed by atoms with Gasteiger partial charge in [0, 0.05) is 23.3 Å². The Labute approximate surface area is 121 Å². The molecule has 1 N–H and O–H groups in total. The van der Waals surface area contributed by atoms with Crippen LogP contribution in [0.4, 0.5) is 5.69 Å². The van der Waals surface area contributed by atoms with Crippen LogP contribution >= 0.6 is 0 Å². The van der Waals surface area contributed by atoms with Crippen LogP contribution in [0.1, 0.15) is 39.3 Å². The molecule has 3 nitrogen and oxygen atoms in total. The molecule has 0 atom stereocenters. The fraction of sp³-hybridized carbons (Fsp3) is 0.471. The summed E-state index contributed by atoms with van der Waals surface area (Å²) in [6, 6.07) is 8.32. The fourth-order valence-corrected chi connectivity index (χ4v) is 2.29. The number of hydrogen-bond acceptors (Lipinski definition) is 3. The largest absolute Gasteiger partial charge is 0.494 e. The number of pyridine rings is 1. The van der Waals surface area contributed by atoms with Gasteiger partial charge >= 0.3 is 0 Å². The van der Waals surface area contributed by atoms with Gasteiger partial charge in [0.1, 0.15) is 5.75 Å². The Morgan fingerprint density at radius 1 is 1.10 bits per heavy atom. The molecule has 108 valence electrons. The molecule has 0 saturated carbocycles. The first kappa shape index (κ1) is 14.6. The molecule has 0 unspecified atom stereocenters. The normalized spacial score (nSPS) is 10.8. The lowest BCUT2D eigenvalue weighted by atomic mass is 10.1. The fourth-order valence-electron chi connectivity index (χ4n) is 2.29. The summed E-state index contributed by atoms with van der Waals surface area (Å²) in [5, 5.41) is 4.58. The number of hydrogen-bond donors (Lipinski definition) is 1. The second kappa shape index (κ2) is 7.13. The Balaban J connectivity index is 2.43. The number of rotatable bonds is 7. The van der Waals surface area contributed by atoms with Crippen molar-refractivity contribution in [2.75, 3.05) is 18.5 Å². The van der Waals surface area contributed by atoms with E-state index < -0.39 is 0 Å². The SMILES string of the molecule is CCCOc1ccc2nc(CCC)cc(NCC)c2c1. The molecule has 0 aliphatic carbocycles. The van der Waals surface area contributed by atoms with Crippen LogP contribution in [-0.4, -0.2) is 18.1 Å². The molecule has 0 fully saturated rings. The molecule has 1 heterocycles. The van der Waals surface area contributed by atoms with Crippen LogP contribution in [0, 0.1) is 0 Å². The number of aromatic nitrogens is 1. The number of ether oxygens (including phenoxy) is 1. The van der Waals surface area contributed by atoms with E-state index in [1.54, 1.807) is 0 Å². The number of nitrogens with zero attached hydrogens (tertiary/aromatic N) is 1. The molecule has 0 aliphatic rings. The quantitative estimate of drug-likeness (QED) is 0.810. The Morgan fingerprint density at radius 2 is 1.95 bits per heavy atom. The van der Waals surface area contributed by atoms with Crippen molar-refractivity contribution < 1.29 is 4.74 Å². The second-order valence-corrected chi connectivity index (χ2v) is 4.97. The van der Waals surface area contributed by atoms with Crippen molar-refractivity contribution in [2.24, 2.45) is 0 Å². The summed E-state index contributed by atoms with van der Waals surface area (Å²) in [6.45, 7) is 8.07. The van der Waals surface area contributed by atoms with E-state index in [0.29, 0.717) is 0 Å². The predicted octanol–water partition coefficient (Wildman–Crippen LogP) is 4.41. The van der Waals surface area contributed by atoms with Crippen molar-refractivity contribution >= 4 is 16.6 Å². The van der Waals surface area contributed by atoms with Crippen molar-refractivity contribution in [1.29, 1.82) is 0 Å². The maximum absolute atomic E-state index is 5.72. The van der Waals surface area contributed by atoms with Gasteiger partial charge in [-0.25, -0.2) is 0 Å². The molecule has 3 heteroatoms. The highest BCUT2D eigenvalue weighted by atomic mass is 16.5. The van der Waals surface area contributed by atoms with Crippen molar-refractivity contribution in [3.63, 3.8) is 0 Å². The summed E-state index contributed by atoms with van der Waals surface area (Å²) in [7, 11) is 0. The zero-order valence-electron chi connectivity index (χ0n) is 12.7.